The lowest BCUT2D eigenvalue weighted by molar-refractivity contribution is 0.102. The third-order valence-electron chi connectivity index (χ3n) is 2.53. The molecule has 5 nitrogen and oxygen atoms in total. The molecule has 0 bridgehead atoms. The van der Waals surface area contributed by atoms with Gasteiger partial charge < -0.3 is 5.32 Å². The van der Waals surface area contributed by atoms with Crippen LogP contribution >= 0.6 is 15.9 Å². The van der Waals surface area contributed by atoms with Crippen molar-refractivity contribution in [2.75, 3.05) is 11.6 Å². The second-order valence-electron chi connectivity index (χ2n) is 4.10. The van der Waals surface area contributed by atoms with Crippen molar-refractivity contribution in [3.05, 3.63) is 52.8 Å². The van der Waals surface area contributed by atoms with Crippen molar-refractivity contribution in [2.24, 2.45) is 0 Å². The molecule has 1 amide bonds. The monoisotopic (exact) mass is 354 g/mol. The van der Waals surface area contributed by atoms with E-state index in [4.69, 9.17) is 0 Å². The Hall–Kier alpha value is -1.73. The van der Waals surface area contributed by atoms with Gasteiger partial charge in [0.15, 0.2) is 9.84 Å². The predicted octanol–water partition coefficient (Wildman–Crippen LogP) is 2.50. The van der Waals surface area contributed by atoms with Crippen LogP contribution in [0, 0.1) is 0 Å². The van der Waals surface area contributed by atoms with E-state index in [1.807, 2.05) is 0 Å². The van der Waals surface area contributed by atoms with E-state index in [-0.39, 0.29) is 10.5 Å². The first-order valence-electron chi connectivity index (χ1n) is 5.60. The van der Waals surface area contributed by atoms with Crippen LogP contribution < -0.4 is 5.32 Å². The number of hydrogen-bond acceptors (Lipinski definition) is 4. The highest BCUT2D eigenvalue weighted by atomic mass is 79.9. The van der Waals surface area contributed by atoms with Crippen LogP contribution in [-0.2, 0) is 9.84 Å². The molecule has 0 saturated carbocycles. The van der Waals surface area contributed by atoms with E-state index in [2.05, 4.69) is 26.2 Å². The number of amides is 1. The fraction of sp³-hybridized carbons (Fsp3) is 0.0769. The average molecular weight is 355 g/mol. The molecule has 0 aliphatic heterocycles. The Bertz CT molecular complexity index is 760. The highest BCUT2D eigenvalue weighted by Gasteiger charge is 2.12. The number of carbonyl (C=O) groups is 1. The lowest BCUT2D eigenvalue weighted by Gasteiger charge is -2.07. The molecule has 0 aliphatic carbocycles. The fourth-order valence-corrected chi connectivity index (χ4v) is 2.56. The minimum atomic E-state index is -3.34. The molecule has 0 aliphatic rings. The summed E-state index contributed by atoms with van der Waals surface area (Å²) in [6.45, 7) is 0. The van der Waals surface area contributed by atoms with Crippen LogP contribution in [0.25, 0.3) is 0 Å². The number of aromatic nitrogens is 1. The SMILES string of the molecule is CS(=O)(=O)c1cccc(C(=O)Nc2cccnc2Br)c1. The molecule has 104 valence electrons. The molecule has 2 aromatic rings. The summed E-state index contributed by atoms with van der Waals surface area (Å²) in [5.74, 6) is -0.399. The first-order chi connectivity index (χ1) is 9.38. The lowest BCUT2D eigenvalue weighted by atomic mass is 10.2. The Balaban J connectivity index is 2.29. The van der Waals surface area contributed by atoms with Crippen molar-refractivity contribution in [1.29, 1.82) is 0 Å². The van der Waals surface area contributed by atoms with Gasteiger partial charge >= 0.3 is 0 Å². The Morgan fingerprint density at radius 2 is 2.00 bits per heavy atom. The maximum atomic E-state index is 12.1. The molecular formula is C13H11BrN2O3S. The fourth-order valence-electron chi connectivity index (χ4n) is 1.54. The lowest BCUT2D eigenvalue weighted by Crippen LogP contribution is -2.13. The molecule has 1 aromatic heterocycles. The minimum absolute atomic E-state index is 0.107. The van der Waals surface area contributed by atoms with Gasteiger partial charge in [0.2, 0.25) is 0 Å². The van der Waals surface area contributed by atoms with Crippen LogP contribution in [0.4, 0.5) is 5.69 Å². The summed E-state index contributed by atoms with van der Waals surface area (Å²) in [6, 6.07) is 9.25. The molecule has 0 spiro atoms. The van der Waals surface area contributed by atoms with E-state index >= 15 is 0 Å². The number of pyridine rings is 1. The summed E-state index contributed by atoms with van der Waals surface area (Å²) in [5.41, 5.74) is 0.783. The van der Waals surface area contributed by atoms with Crippen molar-refractivity contribution >= 4 is 37.4 Å². The normalized spacial score (nSPS) is 11.1. The van der Waals surface area contributed by atoms with Gasteiger partial charge in [-0.2, -0.15) is 0 Å². The Morgan fingerprint density at radius 3 is 2.65 bits per heavy atom. The number of rotatable bonds is 3. The van der Waals surface area contributed by atoms with Crippen molar-refractivity contribution in [3.63, 3.8) is 0 Å². The maximum absolute atomic E-state index is 12.1. The van der Waals surface area contributed by atoms with Crippen LogP contribution in [0.5, 0.6) is 0 Å². The van der Waals surface area contributed by atoms with E-state index in [0.29, 0.717) is 10.3 Å². The standard InChI is InChI=1S/C13H11BrN2O3S/c1-20(18,19)10-5-2-4-9(8-10)13(17)16-11-6-3-7-15-12(11)14/h2-8H,1H3,(H,16,17). The van der Waals surface area contributed by atoms with Gasteiger partial charge in [-0.25, -0.2) is 13.4 Å². The van der Waals surface area contributed by atoms with E-state index < -0.39 is 15.7 Å². The third kappa shape index (κ3) is 3.43. The molecular weight excluding hydrogens is 344 g/mol. The molecule has 1 heterocycles. The van der Waals surface area contributed by atoms with Gasteiger partial charge in [-0.15, -0.1) is 0 Å². The van der Waals surface area contributed by atoms with Gasteiger partial charge in [0, 0.05) is 18.0 Å². The van der Waals surface area contributed by atoms with Gasteiger partial charge in [-0.05, 0) is 46.3 Å². The van der Waals surface area contributed by atoms with Crippen molar-refractivity contribution < 1.29 is 13.2 Å². The zero-order valence-electron chi connectivity index (χ0n) is 10.5. The van der Waals surface area contributed by atoms with Gasteiger partial charge in [-0.3, -0.25) is 4.79 Å². The summed E-state index contributed by atoms with van der Waals surface area (Å²) in [5, 5.41) is 2.66. The van der Waals surface area contributed by atoms with Crippen LogP contribution in [-0.4, -0.2) is 25.6 Å². The highest BCUT2D eigenvalue weighted by molar-refractivity contribution is 9.10. The number of nitrogens with one attached hydrogen (secondary N) is 1. The number of hydrogen-bond donors (Lipinski definition) is 1. The highest BCUT2D eigenvalue weighted by Crippen LogP contribution is 2.20. The molecule has 7 heteroatoms. The van der Waals surface area contributed by atoms with Crippen molar-refractivity contribution in [2.45, 2.75) is 4.90 Å². The van der Waals surface area contributed by atoms with E-state index in [9.17, 15) is 13.2 Å². The molecule has 20 heavy (non-hydrogen) atoms. The number of sulfone groups is 1. The van der Waals surface area contributed by atoms with Gasteiger partial charge in [-0.1, -0.05) is 6.07 Å². The molecule has 0 radical (unpaired) electrons. The summed E-state index contributed by atoms with van der Waals surface area (Å²) < 4.78 is 23.4. The first kappa shape index (κ1) is 14.7. The summed E-state index contributed by atoms with van der Waals surface area (Å²) in [6.07, 6.45) is 2.69. The Labute approximate surface area is 125 Å². The van der Waals surface area contributed by atoms with Crippen LogP contribution in [0.3, 0.4) is 0 Å². The third-order valence-corrected chi connectivity index (χ3v) is 4.27. The molecule has 1 aromatic carbocycles. The Morgan fingerprint density at radius 1 is 1.25 bits per heavy atom. The predicted molar refractivity (Wildman–Crippen MR) is 79.4 cm³/mol. The molecule has 0 unspecified atom stereocenters. The zero-order valence-corrected chi connectivity index (χ0v) is 12.9. The van der Waals surface area contributed by atoms with Crippen LogP contribution in [0.2, 0.25) is 0 Å². The molecule has 0 atom stereocenters. The molecule has 0 saturated heterocycles. The van der Waals surface area contributed by atoms with Gasteiger partial charge in [0.05, 0.1) is 10.6 Å². The number of benzene rings is 1. The first-order valence-corrected chi connectivity index (χ1v) is 8.28. The molecule has 0 fully saturated rings. The van der Waals surface area contributed by atoms with Gasteiger partial charge in [0.25, 0.3) is 5.91 Å². The summed E-state index contributed by atoms with van der Waals surface area (Å²) >= 11 is 3.22. The number of nitrogens with zero attached hydrogens (tertiary/aromatic N) is 1. The average Bonchev–Trinajstić information content (AvgIpc) is 2.40. The number of anilines is 1. The van der Waals surface area contributed by atoms with Crippen LogP contribution in [0.1, 0.15) is 10.4 Å². The quantitative estimate of drug-likeness (QED) is 0.859. The largest absolute Gasteiger partial charge is 0.320 e. The maximum Gasteiger partial charge on any atom is 0.255 e. The molecule has 2 rings (SSSR count). The van der Waals surface area contributed by atoms with E-state index in [0.717, 1.165) is 6.26 Å². The summed E-state index contributed by atoms with van der Waals surface area (Å²) in [4.78, 5) is 16.2. The second kappa shape index (κ2) is 5.72. The smallest absolute Gasteiger partial charge is 0.255 e. The second-order valence-corrected chi connectivity index (χ2v) is 6.86. The van der Waals surface area contributed by atoms with Crippen molar-refractivity contribution in [3.8, 4) is 0 Å². The van der Waals surface area contributed by atoms with Crippen molar-refractivity contribution in [1.82, 2.24) is 4.98 Å². The van der Waals surface area contributed by atoms with E-state index in [1.165, 1.54) is 18.2 Å². The summed E-state index contributed by atoms with van der Waals surface area (Å²) in [7, 11) is -3.34. The Kier molecular flexibility index (Phi) is 4.20. The number of halogens is 1. The molecule has 1 N–H and O–H groups in total. The zero-order chi connectivity index (χ0) is 14.8. The van der Waals surface area contributed by atoms with Gasteiger partial charge in [0.1, 0.15) is 4.60 Å². The van der Waals surface area contributed by atoms with E-state index in [1.54, 1.807) is 24.4 Å². The minimum Gasteiger partial charge on any atom is -0.320 e. The topological polar surface area (TPSA) is 76.1 Å². The number of carbonyl (C=O) groups excluding carboxylic acids is 1. The van der Waals surface area contributed by atoms with Crippen LogP contribution in [0.15, 0.2) is 52.1 Å².